The van der Waals surface area contributed by atoms with Crippen LogP contribution in [0.3, 0.4) is 0 Å². The van der Waals surface area contributed by atoms with Crippen molar-refractivity contribution in [3.63, 3.8) is 0 Å². The van der Waals surface area contributed by atoms with E-state index in [4.69, 9.17) is 15.4 Å². The monoisotopic (exact) mass is 329 g/mol. The molecule has 1 atom stereocenters. The summed E-state index contributed by atoms with van der Waals surface area (Å²) < 4.78 is 0. The van der Waals surface area contributed by atoms with Gasteiger partial charge in [0.2, 0.25) is 5.91 Å². The van der Waals surface area contributed by atoms with Gasteiger partial charge in [0, 0.05) is 6.42 Å². The number of carboxylic acids is 2. The van der Waals surface area contributed by atoms with Crippen LogP contribution in [0.1, 0.15) is 31.6 Å². The molecule has 0 radical (unpaired) electrons. The van der Waals surface area contributed by atoms with Crippen molar-refractivity contribution < 1.29 is 91.8 Å². The van der Waals surface area contributed by atoms with Crippen LogP contribution in [0.4, 0.5) is 0 Å². The second-order valence-corrected chi connectivity index (χ2v) is 4.32. The topological polar surface area (TPSA) is 124 Å². The van der Waals surface area contributed by atoms with Crippen molar-refractivity contribution in [2.24, 2.45) is 5.92 Å². The van der Waals surface area contributed by atoms with Gasteiger partial charge in [-0.05, 0) is 30.5 Å². The van der Waals surface area contributed by atoms with Gasteiger partial charge in [0.05, 0.1) is 11.5 Å². The molecule has 1 aromatic carbocycles. The maximum Gasteiger partial charge on any atom is 1.00 e. The number of hydrogen-bond acceptors (Lipinski definition) is 4. The number of hydrogen-bond donors (Lipinski definition) is 4. The van der Waals surface area contributed by atoms with E-state index in [1.165, 1.54) is 17.6 Å². The first-order valence-corrected chi connectivity index (χ1v) is 5.92. The molecule has 0 spiro atoms. The molecule has 7 nitrogen and oxygen atoms in total. The van der Waals surface area contributed by atoms with Crippen molar-refractivity contribution in [1.29, 1.82) is 0 Å². The van der Waals surface area contributed by atoms with Crippen LogP contribution in [0.2, 0.25) is 0 Å². The molecule has 0 aliphatic rings. The Bertz CT molecular complexity index is 516. The van der Waals surface area contributed by atoms with Crippen LogP contribution < -0.4 is 64.6 Å². The molecule has 1 aromatic rings. The maximum atomic E-state index is 11.1. The zero-order valence-corrected chi connectivity index (χ0v) is 16.6. The molecule has 0 heterocycles. The molecule has 0 aromatic heterocycles. The smallest absolute Gasteiger partial charge is 1.00 e. The van der Waals surface area contributed by atoms with E-state index in [1.54, 1.807) is 12.1 Å². The number of amides is 1. The summed E-state index contributed by atoms with van der Waals surface area (Å²) in [5.41, 5.74) is 2.24. The van der Waals surface area contributed by atoms with E-state index in [-0.39, 0.29) is 86.8 Å². The first-order chi connectivity index (χ1) is 9.43. The zero-order chi connectivity index (χ0) is 15.1. The number of benzene rings is 1. The first-order valence-electron chi connectivity index (χ1n) is 5.92. The fraction of sp³-hybridized carbons (Fsp3) is 0.308. The molecule has 4 N–H and O–H groups in total. The molecule has 1 rings (SSSR count). The summed E-state index contributed by atoms with van der Waals surface area (Å²) in [5, 5.41) is 26.2. The molecule has 0 aliphatic carbocycles. The second kappa shape index (κ2) is 12.1. The molecule has 1 amide bonds. The number of aliphatic carboxylic acids is 1. The van der Waals surface area contributed by atoms with Crippen molar-refractivity contribution in [2.75, 3.05) is 0 Å². The number of hydroxylamine groups is 1. The molecule has 0 bridgehead atoms. The molecule has 22 heavy (non-hydrogen) atoms. The van der Waals surface area contributed by atoms with E-state index in [0.717, 1.165) is 0 Å². The van der Waals surface area contributed by atoms with Gasteiger partial charge in [-0.1, -0.05) is 12.1 Å². The van der Waals surface area contributed by atoms with E-state index in [1.807, 2.05) is 0 Å². The van der Waals surface area contributed by atoms with Crippen LogP contribution in [0.25, 0.3) is 0 Å². The fourth-order valence-corrected chi connectivity index (χ4v) is 1.74. The van der Waals surface area contributed by atoms with Crippen LogP contribution in [0, 0.1) is 5.92 Å². The average Bonchev–Trinajstić information content (AvgIpc) is 2.43. The van der Waals surface area contributed by atoms with Crippen molar-refractivity contribution >= 4 is 17.8 Å². The van der Waals surface area contributed by atoms with Crippen LogP contribution in [-0.2, 0) is 16.0 Å². The van der Waals surface area contributed by atoms with Gasteiger partial charge in [0.15, 0.2) is 0 Å². The Morgan fingerprint density at radius 3 is 2.05 bits per heavy atom. The first kappa shape index (κ1) is 23.9. The summed E-state index contributed by atoms with van der Waals surface area (Å²) in [6, 6.07) is 5.89. The van der Waals surface area contributed by atoms with Crippen LogP contribution in [0.5, 0.6) is 0 Å². The van der Waals surface area contributed by atoms with Gasteiger partial charge in [-0.15, -0.1) is 0 Å². The molecule has 0 saturated heterocycles. The predicted molar refractivity (Wildman–Crippen MR) is 69.6 cm³/mol. The average molecular weight is 329 g/mol. The van der Waals surface area contributed by atoms with Crippen molar-refractivity contribution in [1.82, 2.24) is 5.48 Å². The van der Waals surface area contributed by atoms with E-state index in [0.29, 0.717) is 5.56 Å². The summed E-state index contributed by atoms with van der Waals surface area (Å²) in [6.45, 7) is 0. The molecule has 0 saturated carbocycles. The van der Waals surface area contributed by atoms with Gasteiger partial charge in [-0.25, -0.2) is 10.3 Å². The Morgan fingerprint density at radius 2 is 1.64 bits per heavy atom. The second-order valence-electron chi connectivity index (χ2n) is 4.32. The molecule has 0 fully saturated rings. The Hall–Kier alpha value is -0.410. The van der Waals surface area contributed by atoms with Crippen LogP contribution in [-0.4, -0.2) is 33.3 Å². The third-order valence-corrected chi connectivity index (χ3v) is 2.88. The third kappa shape index (κ3) is 8.28. The number of rotatable bonds is 7. The normalized spacial score (nSPS) is 10.6. The Labute approximate surface area is 174 Å². The minimum Gasteiger partial charge on any atom is -1.00 e. The van der Waals surface area contributed by atoms with E-state index < -0.39 is 23.8 Å². The number of carboxylic acid groups (broad SMARTS) is 2. The number of aromatic carboxylic acids is 1. The zero-order valence-electron chi connectivity index (χ0n) is 14.6. The quantitative estimate of drug-likeness (QED) is 0.226. The third-order valence-electron chi connectivity index (χ3n) is 2.88. The summed E-state index contributed by atoms with van der Waals surface area (Å²) in [4.78, 5) is 32.7. The summed E-state index contributed by atoms with van der Waals surface area (Å²) in [6.07, 6.45) is 0.178. The number of nitrogens with one attached hydrogen (secondary N) is 1. The van der Waals surface area contributed by atoms with Gasteiger partial charge in [-0.2, -0.15) is 0 Å². The Balaban J connectivity index is -0.000000500. The van der Waals surface area contributed by atoms with Crippen LogP contribution >= 0.6 is 0 Å². The van der Waals surface area contributed by atoms with E-state index >= 15 is 0 Å². The van der Waals surface area contributed by atoms with Crippen molar-refractivity contribution in [3.05, 3.63) is 35.4 Å². The van der Waals surface area contributed by atoms with Gasteiger partial charge in [0.1, 0.15) is 0 Å². The van der Waals surface area contributed by atoms with Gasteiger partial charge in [0.25, 0.3) is 0 Å². The van der Waals surface area contributed by atoms with Gasteiger partial charge >= 0.3 is 71.1 Å². The number of carbonyl (C=O) groups is 3. The Kier molecular flexibility index (Phi) is 13.1. The van der Waals surface area contributed by atoms with Crippen molar-refractivity contribution in [2.45, 2.75) is 19.3 Å². The SMILES string of the molecule is O=C(CCC(Cc1ccc(C(=O)O)cc1)C(=O)O)NO.[H-].[H-].[Na+].[Na+]. The number of carbonyl (C=O) groups excluding carboxylic acids is 1. The van der Waals surface area contributed by atoms with Gasteiger partial charge in [-0.3, -0.25) is 14.8 Å². The fourth-order valence-electron chi connectivity index (χ4n) is 1.74. The molecule has 112 valence electrons. The summed E-state index contributed by atoms with van der Waals surface area (Å²) in [5.74, 6) is -3.51. The van der Waals surface area contributed by atoms with E-state index in [2.05, 4.69) is 0 Å². The summed E-state index contributed by atoms with van der Waals surface area (Å²) in [7, 11) is 0. The van der Waals surface area contributed by atoms with Gasteiger partial charge < -0.3 is 13.1 Å². The standard InChI is InChI=1S/C13H15NO6.2Na.2H/c15-11(14-20)6-5-10(13(18)19)7-8-1-3-9(4-2-8)12(16)17;;;;/h1-4,10,20H,5-7H2,(H,14,15)(H,16,17)(H,18,19);;;;/q;2*+1;2*-1. The maximum absolute atomic E-state index is 11.1. The predicted octanol–water partition coefficient (Wildman–Crippen LogP) is -4.85. The molecular weight excluding hydrogens is 312 g/mol. The molecular formula is C13H17NNa2O6. The summed E-state index contributed by atoms with van der Waals surface area (Å²) >= 11 is 0. The van der Waals surface area contributed by atoms with Crippen molar-refractivity contribution in [3.8, 4) is 0 Å². The van der Waals surface area contributed by atoms with E-state index in [9.17, 15) is 14.4 Å². The largest absolute Gasteiger partial charge is 1.00 e. The van der Waals surface area contributed by atoms with Crippen LogP contribution in [0.15, 0.2) is 24.3 Å². The minimum atomic E-state index is -1.05. The molecule has 9 heteroatoms. The molecule has 0 aliphatic heterocycles. The Morgan fingerprint density at radius 1 is 1.09 bits per heavy atom. The minimum absolute atomic E-state index is 0. The molecule has 1 unspecified atom stereocenters.